The van der Waals surface area contributed by atoms with E-state index < -0.39 is 0 Å². The van der Waals surface area contributed by atoms with Crippen molar-refractivity contribution in [2.24, 2.45) is 10.4 Å². The molecule has 0 aliphatic rings. The van der Waals surface area contributed by atoms with Crippen LogP contribution in [-0.4, -0.2) is 4.98 Å². The number of rotatable bonds is 1. The van der Waals surface area contributed by atoms with Gasteiger partial charge in [0.15, 0.2) is 5.82 Å². The molecule has 1 aromatic rings. The Morgan fingerprint density at radius 3 is 2.64 bits per heavy atom. The Morgan fingerprint density at radius 2 is 2.18 bits per heavy atom. The fourth-order valence-corrected chi connectivity index (χ4v) is 0.561. The van der Waals surface area contributed by atoms with Crippen molar-refractivity contribution >= 4 is 5.82 Å². The van der Waals surface area contributed by atoms with Gasteiger partial charge in [-0.25, -0.2) is 10.3 Å². The predicted octanol–water partition coefficient (Wildman–Crippen LogP) is -1.02. The van der Waals surface area contributed by atoms with Gasteiger partial charge in [-0.3, -0.25) is 0 Å². The maximum absolute atomic E-state index is 9.60. The molecule has 11 heavy (non-hydrogen) atoms. The molecule has 0 bridgehead atoms. The molecule has 0 fully saturated rings. The number of aromatic nitrogens is 1. The number of nitrogens with zero attached hydrogens (tertiary/aromatic N) is 3. The number of aryl methyl sites for hydroxylation is 1. The number of hydrogen-bond acceptors (Lipinski definition) is 4. The van der Waals surface area contributed by atoms with Gasteiger partial charge in [-0.05, 0) is 18.6 Å². The van der Waals surface area contributed by atoms with Crippen LogP contribution in [-0.2, 0) is 0 Å². The van der Waals surface area contributed by atoms with Crippen molar-refractivity contribution in [2.45, 2.75) is 6.92 Å². The van der Waals surface area contributed by atoms with Crippen molar-refractivity contribution in [1.29, 1.82) is 0 Å². The van der Waals surface area contributed by atoms with Crippen LogP contribution in [0.5, 0.6) is 0 Å². The van der Waals surface area contributed by atoms with E-state index in [0.717, 1.165) is 5.56 Å². The van der Waals surface area contributed by atoms with Crippen LogP contribution in [0.15, 0.2) is 28.7 Å². The van der Waals surface area contributed by atoms with E-state index in [1.807, 2.05) is 13.0 Å². The second-order valence-electron chi connectivity index (χ2n) is 1.88. The number of pyridine rings is 1. The van der Waals surface area contributed by atoms with Crippen molar-refractivity contribution in [3.63, 3.8) is 0 Å². The molecule has 0 aliphatic heterocycles. The zero-order valence-corrected chi connectivity index (χ0v) is 8.48. The summed E-state index contributed by atoms with van der Waals surface area (Å²) in [7, 11) is 0. The van der Waals surface area contributed by atoms with Crippen molar-refractivity contribution in [2.75, 3.05) is 0 Å². The molecule has 0 aliphatic carbocycles. The Kier molecular flexibility index (Phi) is 5.02. The molecule has 52 valence electrons. The van der Waals surface area contributed by atoms with Gasteiger partial charge in [0.1, 0.15) is 0 Å². The van der Waals surface area contributed by atoms with Crippen LogP contribution in [0, 0.1) is 12.1 Å². The Labute approximate surface area is 86.6 Å². The maximum Gasteiger partial charge on any atom is 1.00 e. The Hall–Kier alpha value is -0.450. The van der Waals surface area contributed by atoms with Gasteiger partial charge in [0, 0.05) is 6.20 Å². The molecule has 0 saturated heterocycles. The first kappa shape index (κ1) is 10.6. The van der Waals surface area contributed by atoms with Crippen LogP contribution >= 0.6 is 0 Å². The monoisotopic (exact) mass is 159 g/mol. The summed E-state index contributed by atoms with van der Waals surface area (Å²) in [5, 5.41) is 15.2. The largest absolute Gasteiger partial charge is 1.00 e. The van der Waals surface area contributed by atoms with Gasteiger partial charge >= 0.3 is 29.6 Å². The van der Waals surface area contributed by atoms with Crippen LogP contribution in [0.2, 0.25) is 0 Å². The van der Waals surface area contributed by atoms with Crippen molar-refractivity contribution in [1.82, 2.24) is 4.98 Å². The molecule has 0 aromatic carbocycles. The first-order valence-corrected chi connectivity index (χ1v) is 2.79. The van der Waals surface area contributed by atoms with Crippen molar-refractivity contribution < 1.29 is 29.6 Å². The summed E-state index contributed by atoms with van der Waals surface area (Å²) in [6, 6.07) is 3.45. The summed E-state index contributed by atoms with van der Waals surface area (Å²) < 4.78 is 0. The molecular formula is C6H6N3NaO. The molecular weight excluding hydrogens is 153 g/mol. The van der Waals surface area contributed by atoms with Crippen molar-refractivity contribution in [3.8, 4) is 0 Å². The van der Waals surface area contributed by atoms with Crippen LogP contribution in [0.25, 0.3) is 0 Å². The van der Waals surface area contributed by atoms with Gasteiger partial charge in [-0.15, -0.1) is 5.11 Å². The molecule has 0 amide bonds. The molecule has 1 aromatic heterocycles. The SMILES string of the molecule is Cc1ccc(N=N[O-])nc1.[Na+]. The summed E-state index contributed by atoms with van der Waals surface area (Å²) in [6.45, 7) is 1.91. The topological polar surface area (TPSA) is 60.7 Å². The molecule has 1 heterocycles. The van der Waals surface area contributed by atoms with Crippen LogP contribution in [0.4, 0.5) is 5.82 Å². The Morgan fingerprint density at radius 1 is 1.45 bits per heavy atom. The minimum atomic E-state index is 0. The van der Waals surface area contributed by atoms with E-state index in [0.29, 0.717) is 5.82 Å². The average Bonchev–Trinajstić information content (AvgIpc) is 1.95. The second-order valence-corrected chi connectivity index (χ2v) is 1.88. The molecule has 0 spiro atoms. The second kappa shape index (κ2) is 5.23. The first-order valence-electron chi connectivity index (χ1n) is 2.79. The molecule has 4 nitrogen and oxygen atoms in total. The third-order valence-corrected chi connectivity index (χ3v) is 1.04. The normalized spacial score (nSPS) is 9.55. The van der Waals surface area contributed by atoms with E-state index in [2.05, 4.69) is 15.4 Å². The summed E-state index contributed by atoms with van der Waals surface area (Å²) in [5.41, 5.74) is 1.03. The third kappa shape index (κ3) is 3.46. The predicted molar refractivity (Wildman–Crippen MR) is 36.9 cm³/mol. The van der Waals surface area contributed by atoms with Gasteiger partial charge in [-0.1, -0.05) is 6.07 Å². The molecule has 0 saturated carbocycles. The molecule has 0 N–H and O–H groups in total. The van der Waals surface area contributed by atoms with E-state index in [1.165, 1.54) is 0 Å². The third-order valence-electron chi connectivity index (χ3n) is 1.04. The zero-order chi connectivity index (χ0) is 7.40. The van der Waals surface area contributed by atoms with Crippen molar-refractivity contribution in [3.05, 3.63) is 29.1 Å². The smallest absolute Gasteiger partial charge is 0.775 e. The molecule has 0 atom stereocenters. The molecule has 0 unspecified atom stereocenters. The van der Waals surface area contributed by atoms with E-state index >= 15 is 0 Å². The van der Waals surface area contributed by atoms with Crippen LogP contribution in [0.3, 0.4) is 0 Å². The minimum absolute atomic E-state index is 0. The van der Waals surface area contributed by atoms with Gasteiger partial charge in [0.05, 0.1) is 0 Å². The summed E-state index contributed by atoms with van der Waals surface area (Å²) in [5.74, 6) is 0.348. The summed E-state index contributed by atoms with van der Waals surface area (Å²) in [4.78, 5) is 3.81. The number of hydrogen-bond donors (Lipinski definition) is 0. The standard InChI is InChI=1S/C6H7N3O.Na/c1-5-2-3-6(7-4-5)8-9-10;/h2-4H,1H3,(H,7,8,10);/q;+1/p-1. The molecule has 5 heteroatoms. The van der Waals surface area contributed by atoms with E-state index in [1.54, 1.807) is 12.3 Å². The Bertz CT molecular complexity index is 234. The molecule has 0 radical (unpaired) electrons. The zero-order valence-electron chi connectivity index (χ0n) is 6.48. The summed E-state index contributed by atoms with van der Waals surface area (Å²) in [6.07, 6.45) is 1.63. The van der Waals surface area contributed by atoms with E-state index in [4.69, 9.17) is 0 Å². The quantitative estimate of drug-likeness (QED) is 0.299. The first-order chi connectivity index (χ1) is 4.83. The van der Waals surface area contributed by atoms with Gasteiger partial charge in [0.25, 0.3) is 0 Å². The van der Waals surface area contributed by atoms with E-state index in [9.17, 15) is 5.21 Å². The van der Waals surface area contributed by atoms with Gasteiger partial charge < -0.3 is 5.21 Å². The Balaban J connectivity index is 0.000001000. The minimum Gasteiger partial charge on any atom is -0.775 e. The fraction of sp³-hybridized carbons (Fsp3) is 0.167. The average molecular weight is 159 g/mol. The summed E-state index contributed by atoms with van der Waals surface area (Å²) >= 11 is 0. The van der Waals surface area contributed by atoms with Crippen LogP contribution in [0.1, 0.15) is 5.56 Å². The van der Waals surface area contributed by atoms with Gasteiger partial charge in [0.2, 0.25) is 0 Å². The van der Waals surface area contributed by atoms with E-state index in [-0.39, 0.29) is 29.6 Å². The fourth-order valence-electron chi connectivity index (χ4n) is 0.561. The molecule has 1 rings (SSSR count). The van der Waals surface area contributed by atoms with Gasteiger partial charge in [-0.2, -0.15) is 0 Å². The van der Waals surface area contributed by atoms with Crippen LogP contribution < -0.4 is 29.6 Å². The maximum atomic E-state index is 9.60.